The van der Waals surface area contributed by atoms with Gasteiger partial charge in [-0.3, -0.25) is 14.5 Å². The van der Waals surface area contributed by atoms with E-state index in [1.54, 1.807) is 0 Å². The number of carbonyl (C=O) groups excluding carboxylic acids is 2. The molecule has 1 saturated heterocycles. The molecular weight excluding hydrogens is 442 g/mol. The van der Waals surface area contributed by atoms with Gasteiger partial charge in [-0.05, 0) is 43.0 Å². The van der Waals surface area contributed by atoms with Crippen molar-refractivity contribution in [2.24, 2.45) is 0 Å². The quantitative estimate of drug-likeness (QED) is 0.401. The Morgan fingerprint density at radius 3 is 2.26 bits per heavy atom. The third-order valence-electron chi connectivity index (χ3n) is 5.60. The molecule has 0 unspecified atom stereocenters. The van der Waals surface area contributed by atoms with Crippen molar-refractivity contribution in [3.63, 3.8) is 0 Å². The maximum Gasteiger partial charge on any atom is 0.264 e. The first-order valence-corrected chi connectivity index (χ1v) is 12.0. The average molecular weight is 468 g/mol. The van der Waals surface area contributed by atoms with E-state index in [1.807, 2.05) is 91.9 Å². The van der Waals surface area contributed by atoms with Gasteiger partial charge >= 0.3 is 0 Å². The highest BCUT2D eigenvalue weighted by atomic mass is 32.2. The zero-order chi connectivity index (χ0) is 23.9. The van der Waals surface area contributed by atoms with Crippen LogP contribution in [0.4, 0.5) is 5.69 Å². The van der Waals surface area contributed by atoms with Crippen LogP contribution in [0.3, 0.4) is 0 Å². The van der Waals surface area contributed by atoms with Crippen LogP contribution in [-0.4, -0.2) is 23.6 Å². The Morgan fingerprint density at radius 2 is 1.62 bits per heavy atom. The molecule has 5 nitrogen and oxygen atoms in total. The minimum absolute atomic E-state index is 0.0401. The van der Waals surface area contributed by atoms with Gasteiger partial charge in [0.2, 0.25) is 5.91 Å². The lowest BCUT2D eigenvalue weighted by atomic mass is 10.1. The third kappa shape index (κ3) is 5.38. The zero-order valence-electron chi connectivity index (χ0n) is 18.9. The standard InChI is InChI=1S/C28H25N3O2S/c1-20-12-14-22(15-13-20)18-25-27(33)31(23-10-6-3-7-11-23)28(34-25)24(19-29)26(32)30-17-16-21-8-4-2-5-9-21/h2-15,25H,16-18H2,1H3,(H,30,32)/b28-24-/t25-/m1/s1. The van der Waals surface area contributed by atoms with Crippen molar-refractivity contribution < 1.29 is 9.59 Å². The van der Waals surface area contributed by atoms with E-state index in [4.69, 9.17) is 0 Å². The van der Waals surface area contributed by atoms with Gasteiger partial charge in [0.25, 0.3) is 5.91 Å². The van der Waals surface area contributed by atoms with Gasteiger partial charge in [0, 0.05) is 12.2 Å². The van der Waals surface area contributed by atoms with Crippen LogP contribution in [0.5, 0.6) is 0 Å². The Bertz CT molecular complexity index is 1230. The van der Waals surface area contributed by atoms with E-state index in [0.29, 0.717) is 30.1 Å². The Kier molecular flexibility index (Phi) is 7.46. The lowest BCUT2D eigenvalue weighted by Crippen LogP contribution is -2.32. The molecule has 3 aromatic carbocycles. The number of carbonyl (C=O) groups is 2. The topological polar surface area (TPSA) is 73.2 Å². The van der Waals surface area contributed by atoms with E-state index >= 15 is 0 Å². The fraction of sp³-hybridized carbons (Fsp3) is 0.179. The first-order valence-electron chi connectivity index (χ1n) is 11.1. The van der Waals surface area contributed by atoms with Crippen molar-refractivity contribution in [2.75, 3.05) is 11.4 Å². The number of nitrogens with zero attached hydrogens (tertiary/aromatic N) is 2. The van der Waals surface area contributed by atoms with Gasteiger partial charge in [-0.1, -0.05) is 90.1 Å². The van der Waals surface area contributed by atoms with Crippen LogP contribution < -0.4 is 10.2 Å². The van der Waals surface area contributed by atoms with E-state index in [1.165, 1.54) is 16.7 Å². The zero-order valence-corrected chi connectivity index (χ0v) is 19.7. The average Bonchev–Trinajstić information content (AvgIpc) is 3.17. The number of anilines is 1. The smallest absolute Gasteiger partial charge is 0.264 e. The molecule has 0 aromatic heterocycles. The van der Waals surface area contributed by atoms with Crippen molar-refractivity contribution >= 4 is 29.3 Å². The summed E-state index contributed by atoms with van der Waals surface area (Å²) in [6, 6.07) is 29.1. The second-order valence-electron chi connectivity index (χ2n) is 8.09. The number of benzene rings is 3. The van der Waals surface area contributed by atoms with Crippen molar-refractivity contribution in [3.8, 4) is 6.07 Å². The number of nitriles is 1. The van der Waals surface area contributed by atoms with Crippen molar-refractivity contribution in [1.29, 1.82) is 5.26 Å². The molecule has 1 atom stereocenters. The molecule has 0 saturated carbocycles. The van der Waals surface area contributed by atoms with Crippen molar-refractivity contribution in [3.05, 3.63) is 112 Å². The molecule has 1 fully saturated rings. The monoisotopic (exact) mass is 467 g/mol. The van der Waals surface area contributed by atoms with Crippen LogP contribution in [0.25, 0.3) is 0 Å². The maximum absolute atomic E-state index is 13.5. The summed E-state index contributed by atoms with van der Waals surface area (Å²) in [4.78, 5) is 28.0. The Morgan fingerprint density at radius 1 is 0.971 bits per heavy atom. The molecule has 1 heterocycles. The molecule has 0 radical (unpaired) electrons. The number of nitrogens with one attached hydrogen (secondary N) is 1. The molecule has 0 bridgehead atoms. The lowest BCUT2D eigenvalue weighted by molar-refractivity contribution is -0.117. The Hall–Kier alpha value is -3.82. The predicted octanol–water partition coefficient (Wildman–Crippen LogP) is 4.78. The second kappa shape index (κ2) is 10.9. The second-order valence-corrected chi connectivity index (χ2v) is 9.28. The first-order chi connectivity index (χ1) is 16.6. The minimum Gasteiger partial charge on any atom is -0.351 e. The Labute approximate surface area is 204 Å². The molecule has 6 heteroatoms. The lowest BCUT2D eigenvalue weighted by Gasteiger charge is -2.18. The molecular formula is C28H25N3O2S. The number of amides is 2. The molecule has 1 N–H and O–H groups in total. The summed E-state index contributed by atoms with van der Waals surface area (Å²) in [7, 11) is 0. The van der Waals surface area contributed by atoms with Crippen LogP contribution in [0.2, 0.25) is 0 Å². The van der Waals surface area contributed by atoms with Crippen LogP contribution in [0.1, 0.15) is 16.7 Å². The molecule has 170 valence electrons. The number of hydrogen-bond acceptors (Lipinski definition) is 4. The summed E-state index contributed by atoms with van der Waals surface area (Å²) in [6.07, 6.45) is 1.18. The normalized spacial score (nSPS) is 16.8. The number of aryl methyl sites for hydroxylation is 1. The van der Waals surface area contributed by atoms with Crippen LogP contribution in [0.15, 0.2) is 95.5 Å². The molecule has 4 rings (SSSR count). The van der Waals surface area contributed by atoms with E-state index in [9.17, 15) is 14.9 Å². The SMILES string of the molecule is Cc1ccc(C[C@H]2S/C(=C(/C#N)C(=O)NCCc3ccccc3)N(c3ccccc3)C2=O)cc1. The first kappa shape index (κ1) is 23.3. The summed E-state index contributed by atoms with van der Waals surface area (Å²) in [5.41, 5.74) is 3.90. The van der Waals surface area contributed by atoms with Gasteiger partial charge in [0.05, 0.1) is 5.25 Å². The molecule has 3 aromatic rings. The summed E-state index contributed by atoms with van der Waals surface area (Å²) in [5.74, 6) is -0.595. The predicted molar refractivity (Wildman–Crippen MR) is 136 cm³/mol. The van der Waals surface area contributed by atoms with Gasteiger partial charge in [-0.2, -0.15) is 5.26 Å². The summed E-state index contributed by atoms with van der Waals surface area (Å²) in [5, 5.41) is 12.7. The van der Waals surface area contributed by atoms with E-state index in [-0.39, 0.29) is 11.5 Å². The summed E-state index contributed by atoms with van der Waals surface area (Å²) >= 11 is 1.28. The third-order valence-corrected chi connectivity index (χ3v) is 6.87. The van der Waals surface area contributed by atoms with Crippen LogP contribution in [-0.2, 0) is 22.4 Å². The van der Waals surface area contributed by atoms with Crippen LogP contribution in [0, 0.1) is 18.3 Å². The highest BCUT2D eigenvalue weighted by molar-refractivity contribution is 8.05. The number of rotatable bonds is 7. The van der Waals surface area contributed by atoms with Gasteiger partial charge in [0.15, 0.2) is 0 Å². The van der Waals surface area contributed by atoms with E-state index in [0.717, 1.165) is 16.7 Å². The van der Waals surface area contributed by atoms with Gasteiger partial charge in [0.1, 0.15) is 16.7 Å². The van der Waals surface area contributed by atoms with Crippen molar-refractivity contribution in [1.82, 2.24) is 5.32 Å². The molecule has 2 amide bonds. The van der Waals surface area contributed by atoms with Gasteiger partial charge in [-0.25, -0.2) is 0 Å². The summed E-state index contributed by atoms with van der Waals surface area (Å²) in [6.45, 7) is 2.42. The van der Waals surface area contributed by atoms with Gasteiger partial charge < -0.3 is 5.32 Å². The number of para-hydroxylation sites is 1. The summed E-state index contributed by atoms with van der Waals surface area (Å²) < 4.78 is 0. The molecule has 0 aliphatic carbocycles. The van der Waals surface area contributed by atoms with Gasteiger partial charge in [-0.15, -0.1) is 0 Å². The molecule has 34 heavy (non-hydrogen) atoms. The fourth-order valence-electron chi connectivity index (χ4n) is 3.79. The highest BCUT2D eigenvalue weighted by Crippen LogP contribution is 2.41. The highest BCUT2D eigenvalue weighted by Gasteiger charge is 2.40. The number of thioether (sulfide) groups is 1. The number of hydrogen-bond donors (Lipinski definition) is 1. The van der Waals surface area contributed by atoms with E-state index in [2.05, 4.69) is 11.4 Å². The van der Waals surface area contributed by atoms with E-state index < -0.39 is 11.2 Å². The fourth-order valence-corrected chi connectivity index (χ4v) is 5.10. The van der Waals surface area contributed by atoms with Crippen molar-refractivity contribution in [2.45, 2.75) is 25.0 Å². The largest absolute Gasteiger partial charge is 0.351 e. The minimum atomic E-state index is -0.467. The molecule has 0 spiro atoms. The molecule has 1 aliphatic rings. The molecule has 1 aliphatic heterocycles. The van der Waals surface area contributed by atoms with Crippen LogP contribution >= 0.6 is 11.8 Å². The maximum atomic E-state index is 13.5. The Balaban J connectivity index is 1.59.